The predicted octanol–water partition coefficient (Wildman–Crippen LogP) is 3.52. The van der Waals surface area contributed by atoms with E-state index in [4.69, 9.17) is 0 Å². The summed E-state index contributed by atoms with van der Waals surface area (Å²) < 4.78 is 1.97. The van der Waals surface area contributed by atoms with Crippen molar-refractivity contribution in [2.75, 3.05) is 13.6 Å². The van der Waals surface area contributed by atoms with Gasteiger partial charge in [0.05, 0.1) is 0 Å². The van der Waals surface area contributed by atoms with Gasteiger partial charge in [0.2, 0.25) is 0 Å². The quantitative estimate of drug-likeness (QED) is 0.392. The highest BCUT2D eigenvalue weighted by molar-refractivity contribution is 14.0. The standard InChI is InChI=1S/C17H33N5.HI/c1-14(13-22-11-7-10-20-22)12-19-16(18-6)21-15(2)8-9-17(3,4)5;/h7,10-11,14-15H,8-9,12-13H2,1-6H3,(H2,18,19,21);1H. The van der Waals surface area contributed by atoms with E-state index in [0.717, 1.165) is 25.5 Å². The van der Waals surface area contributed by atoms with Crippen molar-refractivity contribution in [2.45, 2.75) is 60.0 Å². The zero-order valence-corrected chi connectivity index (χ0v) is 17.8. The molecule has 0 bridgehead atoms. The Morgan fingerprint density at radius 1 is 1.30 bits per heavy atom. The van der Waals surface area contributed by atoms with Gasteiger partial charge in [-0.05, 0) is 37.2 Å². The number of nitrogens with one attached hydrogen (secondary N) is 2. The minimum atomic E-state index is 0. The molecule has 0 amide bonds. The predicted molar refractivity (Wildman–Crippen MR) is 109 cm³/mol. The lowest BCUT2D eigenvalue weighted by Crippen LogP contribution is -2.44. The summed E-state index contributed by atoms with van der Waals surface area (Å²) in [5, 5.41) is 11.1. The van der Waals surface area contributed by atoms with Crippen molar-refractivity contribution >= 4 is 29.9 Å². The van der Waals surface area contributed by atoms with E-state index < -0.39 is 0 Å². The summed E-state index contributed by atoms with van der Waals surface area (Å²) in [5.41, 5.74) is 0.380. The van der Waals surface area contributed by atoms with Crippen molar-refractivity contribution < 1.29 is 0 Å². The Balaban J connectivity index is 0.00000484. The zero-order chi connectivity index (χ0) is 16.6. The van der Waals surface area contributed by atoms with E-state index in [9.17, 15) is 0 Å². The summed E-state index contributed by atoms with van der Waals surface area (Å²) >= 11 is 0. The second-order valence-corrected chi connectivity index (χ2v) is 7.43. The van der Waals surface area contributed by atoms with Crippen LogP contribution in [-0.4, -0.2) is 35.4 Å². The topological polar surface area (TPSA) is 54.2 Å². The third-order valence-corrected chi connectivity index (χ3v) is 3.61. The van der Waals surface area contributed by atoms with Gasteiger partial charge in [0.25, 0.3) is 0 Å². The molecule has 23 heavy (non-hydrogen) atoms. The van der Waals surface area contributed by atoms with Crippen molar-refractivity contribution in [1.82, 2.24) is 20.4 Å². The molecule has 0 saturated carbocycles. The maximum Gasteiger partial charge on any atom is 0.191 e. The third kappa shape index (κ3) is 10.6. The van der Waals surface area contributed by atoms with Gasteiger partial charge in [-0.2, -0.15) is 5.10 Å². The van der Waals surface area contributed by atoms with Gasteiger partial charge in [0, 0.05) is 38.6 Å². The molecule has 1 rings (SSSR count). The first-order chi connectivity index (χ1) is 10.3. The van der Waals surface area contributed by atoms with Crippen LogP contribution in [0.5, 0.6) is 0 Å². The van der Waals surface area contributed by atoms with E-state index in [1.54, 1.807) is 0 Å². The maximum absolute atomic E-state index is 4.31. The maximum atomic E-state index is 4.31. The van der Waals surface area contributed by atoms with Gasteiger partial charge < -0.3 is 10.6 Å². The fourth-order valence-corrected chi connectivity index (χ4v) is 2.21. The molecule has 0 radical (unpaired) electrons. The second-order valence-electron chi connectivity index (χ2n) is 7.43. The minimum absolute atomic E-state index is 0. The van der Waals surface area contributed by atoms with Crippen LogP contribution in [0.15, 0.2) is 23.5 Å². The molecule has 0 fully saturated rings. The van der Waals surface area contributed by atoms with Gasteiger partial charge in [-0.1, -0.05) is 27.7 Å². The number of rotatable bonds is 7. The van der Waals surface area contributed by atoms with E-state index >= 15 is 0 Å². The summed E-state index contributed by atoms with van der Waals surface area (Å²) in [4.78, 5) is 4.31. The van der Waals surface area contributed by atoms with Crippen molar-refractivity contribution in [3.63, 3.8) is 0 Å². The summed E-state index contributed by atoms with van der Waals surface area (Å²) in [5.74, 6) is 1.37. The summed E-state index contributed by atoms with van der Waals surface area (Å²) in [6.45, 7) is 13.1. The highest BCUT2D eigenvalue weighted by atomic mass is 127. The number of aromatic nitrogens is 2. The Morgan fingerprint density at radius 2 is 2.00 bits per heavy atom. The van der Waals surface area contributed by atoms with Crippen molar-refractivity contribution in [2.24, 2.45) is 16.3 Å². The van der Waals surface area contributed by atoms with Gasteiger partial charge in [0.15, 0.2) is 5.96 Å². The van der Waals surface area contributed by atoms with E-state index in [1.807, 2.05) is 30.2 Å². The van der Waals surface area contributed by atoms with Gasteiger partial charge in [-0.3, -0.25) is 9.67 Å². The number of halogens is 1. The Kier molecular flexibility index (Phi) is 10.5. The molecule has 1 aromatic heterocycles. The first-order valence-electron chi connectivity index (χ1n) is 8.25. The van der Waals surface area contributed by atoms with Crippen LogP contribution >= 0.6 is 24.0 Å². The van der Waals surface area contributed by atoms with Gasteiger partial charge in [-0.25, -0.2) is 0 Å². The lowest BCUT2D eigenvalue weighted by molar-refractivity contribution is 0.345. The molecular formula is C17H34IN5. The normalized spacial score (nSPS) is 14.8. The van der Waals surface area contributed by atoms with Crippen LogP contribution < -0.4 is 10.6 Å². The van der Waals surface area contributed by atoms with Crippen molar-refractivity contribution in [3.8, 4) is 0 Å². The monoisotopic (exact) mass is 435 g/mol. The summed E-state index contributed by atoms with van der Waals surface area (Å²) in [6.07, 6.45) is 6.16. The molecular weight excluding hydrogens is 401 g/mol. The van der Waals surface area contributed by atoms with Gasteiger partial charge >= 0.3 is 0 Å². The van der Waals surface area contributed by atoms with E-state index in [-0.39, 0.29) is 24.0 Å². The van der Waals surface area contributed by atoms with Crippen LogP contribution in [0.1, 0.15) is 47.5 Å². The van der Waals surface area contributed by atoms with Crippen LogP contribution in [0.2, 0.25) is 0 Å². The number of guanidine groups is 1. The SMILES string of the molecule is CN=C(NCC(C)Cn1cccn1)NC(C)CCC(C)(C)C.I. The number of nitrogens with zero attached hydrogens (tertiary/aromatic N) is 3. The Labute approximate surface area is 158 Å². The summed E-state index contributed by atoms with van der Waals surface area (Å²) in [7, 11) is 1.82. The fraction of sp³-hybridized carbons (Fsp3) is 0.765. The first-order valence-corrected chi connectivity index (χ1v) is 8.25. The summed E-state index contributed by atoms with van der Waals surface area (Å²) in [6, 6.07) is 2.38. The van der Waals surface area contributed by atoms with Crippen molar-refractivity contribution in [1.29, 1.82) is 0 Å². The highest BCUT2D eigenvalue weighted by Gasteiger charge is 2.13. The fourth-order valence-electron chi connectivity index (χ4n) is 2.21. The molecule has 5 nitrogen and oxygen atoms in total. The molecule has 0 aliphatic heterocycles. The van der Waals surface area contributed by atoms with Crippen LogP contribution in [0, 0.1) is 11.3 Å². The number of hydrogen-bond donors (Lipinski definition) is 2. The molecule has 0 saturated heterocycles. The smallest absolute Gasteiger partial charge is 0.191 e. The highest BCUT2D eigenvalue weighted by Crippen LogP contribution is 2.21. The largest absolute Gasteiger partial charge is 0.356 e. The van der Waals surface area contributed by atoms with Crippen LogP contribution in [0.3, 0.4) is 0 Å². The lowest BCUT2D eigenvalue weighted by Gasteiger charge is -2.23. The molecule has 1 aromatic rings. The Morgan fingerprint density at radius 3 is 2.52 bits per heavy atom. The minimum Gasteiger partial charge on any atom is -0.356 e. The van der Waals surface area contributed by atoms with E-state index in [2.05, 4.69) is 55.3 Å². The Hall–Kier alpha value is -0.790. The molecule has 6 heteroatoms. The molecule has 0 spiro atoms. The van der Waals surface area contributed by atoms with Crippen LogP contribution in [0.4, 0.5) is 0 Å². The van der Waals surface area contributed by atoms with Crippen LogP contribution in [0.25, 0.3) is 0 Å². The van der Waals surface area contributed by atoms with Crippen molar-refractivity contribution in [3.05, 3.63) is 18.5 Å². The number of hydrogen-bond acceptors (Lipinski definition) is 2. The molecule has 2 atom stereocenters. The average molecular weight is 435 g/mol. The molecule has 1 heterocycles. The first kappa shape index (κ1) is 22.2. The molecule has 0 aliphatic carbocycles. The Bertz CT molecular complexity index is 436. The zero-order valence-electron chi connectivity index (χ0n) is 15.5. The number of aliphatic imine (C=N–C) groups is 1. The van der Waals surface area contributed by atoms with E-state index in [0.29, 0.717) is 17.4 Å². The molecule has 2 unspecified atom stereocenters. The molecule has 0 aliphatic rings. The van der Waals surface area contributed by atoms with E-state index in [1.165, 1.54) is 6.42 Å². The lowest BCUT2D eigenvalue weighted by atomic mass is 9.89. The second kappa shape index (κ2) is 10.9. The molecule has 0 aromatic carbocycles. The van der Waals surface area contributed by atoms with Crippen LogP contribution in [-0.2, 0) is 6.54 Å². The van der Waals surface area contributed by atoms with Gasteiger partial charge in [0.1, 0.15) is 0 Å². The van der Waals surface area contributed by atoms with Gasteiger partial charge in [-0.15, -0.1) is 24.0 Å². The third-order valence-electron chi connectivity index (χ3n) is 3.61. The average Bonchev–Trinajstić information content (AvgIpc) is 2.93. The molecule has 2 N–H and O–H groups in total. The molecule has 134 valence electrons.